The highest BCUT2D eigenvalue weighted by Crippen LogP contribution is 2.15. The van der Waals surface area contributed by atoms with E-state index < -0.39 is 5.97 Å². The van der Waals surface area contributed by atoms with Gasteiger partial charge in [-0.1, -0.05) is 31.9 Å². The summed E-state index contributed by atoms with van der Waals surface area (Å²) in [5, 5.41) is 9.15. The lowest BCUT2D eigenvalue weighted by molar-refractivity contribution is 0.0697. The van der Waals surface area contributed by atoms with Crippen molar-refractivity contribution in [2.24, 2.45) is 0 Å². The van der Waals surface area contributed by atoms with Crippen molar-refractivity contribution in [3.63, 3.8) is 0 Å². The zero-order valence-electron chi connectivity index (χ0n) is 8.67. The fourth-order valence-electron chi connectivity index (χ4n) is 0.778. The molecule has 0 fully saturated rings. The first-order valence-electron chi connectivity index (χ1n) is 4.52. The summed E-state index contributed by atoms with van der Waals surface area (Å²) in [7, 11) is 0. The van der Waals surface area contributed by atoms with Gasteiger partial charge >= 0.3 is 5.97 Å². The van der Waals surface area contributed by atoms with Gasteiger partial charge in [-0.2, -0.15) is 0 Å². The first kappa shape index (κ1) is 13.0. The molecule has 0 atom stereocenters. The lowest BCUT2D eigenvalue weighted by Crippen LogP contribution is -1.95. The first-order chi connectivity index (χ1) is 6.52. The van der Waals surface area contributed by atoms with Gasteiger partial charge in [0.2, 0.25) is 0 Å². The molecule has 0 aliphatic rings. The van der Waals surface area contributed by atoms with Crippen LogP contribution in [0.4, 0.5) is 0 Å². The van der Waals surface area contributed by atoms with Crippen LogP contribution in [0.25, 0.3) is 0 Å². The standard InChI is InChI=1S/C8H7ClO2.C3H8/c1-5-4-6(8(10)11)2-3-7(5)9;1-3-2/h2-4H,1H3,(H,10,11);3H2,1-2H3. The molecule has 0 aliphatic carbocycles. The molecular formula is C11H15ClO2. The van der Waals surface area contributed by atoms with Gasteiger partial charge in [-0.05, 0) is 30.7 Å². The van der Waals surface area contributed by atoms with E-state index in [9.17, 15) is 4.79 Å². The molecule has 0 amide bonds. The zero-order chi connectivity index (χ0) is 11.1. The number of hydrogen-bond donors (Lipinski definition) is 1. The number of carboxylic acids is 1. The van der Waals surface area contributed by atoms with Crippen LogP contribution in [0.15, 0.2) is 18.2 Å². The predicted octanol–water partition coefficient (Wildman–Crippen LogP) is 3.76. The second kappa shape index (κ2) is 6.44. The number of rotatable bonds is 1. The minimum absolute atomic E-state index is 0.270. The van der Waals surface area contributed by atoms with Crippen LogP contribution < -0.4 is 0 Å². The van der Waals surface area contributed by atoms with Crippen molar-refractivity contribution in [1.82, 2.24) is 0 Å². The third-order valence-corrected chi connectivity index (χ3v) is 1.83. The van der Waals surface area contributed by atoms with Gasteiger partial charge in [0.25, 0.3) is 0 Å². The second-order valence-corrected chi connectivity index (χ2v) is 3.38. The van der Waals surface area contributed by atoms with E-state index in [1.54, 1.807) is 19.1 Å². The zero-order valence-corrected chi connectivity index (χ0v) is 9.43. The van der Waals surface area contributed by atoms with Crippen LogP contribution in [-0.4, -0.2) is 11.1 Å². The number of carbonyl (C=O) groups is 1. The van der Waals surface area contributed by atoms with Gasteiger partial charge in [0.05, 0.1) is 5.56 Å². The smallest absolute Gasteiger partial charge is 0.335 e. The van der Waals surface area contributed by atoms with Crippen LogP contribution in [0, 0.1) is 6.92 Å². The molecule has 1 rings (SSSR count). The summed E-state index contributed by atoms with van der Waals surface area (Å²) >= 11 is 5.69. The van der Waals surface area contributed by atoms with E-state index in [4.69, 9.17) is 16.7 Å². The molecule has 0 radical (unpaired) electrons. The molecule has 14 heavy (non-hydrogen) atoms. The van der Waals surface area contributed by atoms with Gasteiger partial charge in [0.1, 0.15) is 0 Å². The predicted molar refractivity (Wildman–Crippen MR) is 59.1 cm³/mol. The van der Waals surface area contributed by atoms with E-state index in [1.807, 2.05) is 0 Å². The fourth-order valence-corrected chi connectivity index (χ4v) is 0.895. The molecule has 3 heteroatoms. The number of aromatic carboxylic acids is 1. The molecule has 1 N–H and O–H groups in total. The summed E-state index contributed by atoms with van der Waals surface area (Å²) < 4.78 is 0. The van der Waals surface area contributed by atoms with E-state index in [1.165, 1.54) is 12.5 Å². The SMILES string of the molecule is CCC.Cc1cc(C(=O)O)ccc1Cl. The van der Waals surface area contributed by atoms with E-state index in [2.05, 4.69) is 13.8 Å². The van der Waals surface area contributed by atoms with Crippen molar-refractivity contribution in [3.05, 3.63) is 34.3 Å². The number of benzene rings is 1. The van der Waals surface area contributed by atoms with Gasteiger partial charge in [-0.3, -0.25) is 0 Å². The summed E-state index contributed by atoms with van der Waals surface area (Å²) in [5.74, 6) is -0.926. The Labute approximate surface area is 89.5 Å². The lowest BCUT2D eigenvalue weighted by Gasteiger charge is -1.97. The molecule has 78 valence electrons. The van der Waals surface area contributed by atoms with Gasteiger partial charge in [0, 0.05) is 5.02 Å². The Bertz CT molecular complexity index is 308. The highest BCUT2D eigenvalue weighted by Gasteiger charge is 2.03. The maximum Gasteiger partial charge on any atom is 0.335 e. The van der Waals surface area contributed by atoms with Crippen LogP contribution in [0.2, 0.25) is 5.02 Å². The Morgan fingerprint density at radius 2 is 1.93 bits per heavy atom. The Hall–Kier alpha value is -1.02. The van der Waals surface area contributed by atoms with Crippen molar-refractivity contribution >= 4 is 17.6 Å². The normalized spacial score (nSPS) is 8.86. The molecule has 0 heterocycles. The Morgan fingerprint density at radius 3 is 2.29 bits per heavy atom. The maximum absolute atomic E-state index is 10.4. The lowest BCUT2D eigenvalue weighted by atomic mass is 10.1. The number of hydrogen-bond acceptors (Lipinski definition) is 1. The fraction of sp³-hybridized carbons (Fsp3) is 0.364. The van der Waals surface area contributed by atoms with E-state index in [-0.39, 0.29) is 5.56 Å². The quantitative estimate of drug-likeness (QED) is 0.773. The minimum Gasteiger partial charge on any atom is -0.478 e. The average Bonchev–Trinajstić information content (AvgIpc) is 2.10. The summed E-state index contributed by atoms with van der Waals surface area (Å²) in [6.07, 6.45) is 1.25. The van der Waals surface area contributed by atoms with Gasteiger partial charge in [0.15, 0.2) is 0 Å². The van der Waals surface area contributed by atoms with Crippen LogP contribution in [0.3, 0.4) is 0 Å². The summed E-state index contributed by atoms with van der Waals surface area (Å²) in [6, 6.07) is 4.61. The molecule has 1 aromatic carbocycles. The van der Waals surface area contributed by atoms with E-state index in [0.717, 1.165) is 5.56 Å². The molecule has 0 unspecified atom stereocenters. The van der Waals surface area contributed by atoms with E-state index >= 15 is 0 Å². The molecule has 1 aromatic rings. The van der Waals surface area contributed by atoms with Crippen LogP contribution >= 0.6 is 11.6 Å². The molecule has 2 nitrogen and oxygen atoms in total. The van der Waals surface area contributed by atoms with Crippen LogP contribution in [0.1, 0.15) is 36.2 Å². The van der Waals surface area contributed by atoms with E-state index in [0.29, 0.717) is 5.02 Å². The summed E-state index contributed by atoms with van der Waals surface area (Å²) in [6.45, 7) is 6.02. The number of halogens is 1. The van der Waals surface area contributed by atoms with Crippen LogP contribution in [0.5, 0.6) is 0 Å². The Balaban J connectivity index is 0.000000500. The molecule has 0 aromatic heterocycles. The van der Waals surface area contributed by atoms with Gasteiger partial charge < -0.3 is 5.11 Å². The average molecular weight is 215 g/mol. The third kappa shape index (κ3) is 4.28. The van der Waals surface area contributed by atoms with Gasteiger partial charge in [-0.25, -0.2) is 4.79 Å². The summed E-state index contributed by atoms with van der Waals surface area (Å²) in [4.78, 5) is 10.4. The topological polar surface area (TPSA) is 37.3 Å². The van der Waals surface area contributed by atoms with Crippen molar-refractivity contribution in [1.29, 1.82) is 0 Å². The Kier molecular flexibility index (Phi) is 5.97. The molecule has 0 aliphatic heterocycles. The first-order valence-corrected chi connectivity index (χ1v) is 4.90. The maximum atomic E-state index is 10.4. The summed E-state index contributed by atoms with van der Waals surface area (Å²) in [5.41, 5.74) is 1.05. The number of carboxylic acid groups (broad SMARTS) is 1. The van der Waals surface area contributed by atoms with Crippen molar-refractivity contribution in [2.75, 3.05) is 0 Å². The van der Waals surface area contributed by atoms with Crippen LogP contribution in [-0.2, 0) is 0 Å². The highest BCUT2D eigenvalue weighted by molar-refractivity contribution is 6.31. The molecule has 0 bridgehead atoms. The largest absolute Gasteiger partial charge is 0.478 e. The monoisotopic (exact) mass is 214 g/mol. The van der Waals surface area contributed by atoms with Gasteiger partial charge in [-0.15, -0.1) is 0 Å². The Morgan fingerprint density at radius 1 is 1.43 bits per heavy atom. The third-order valence-electron chi connectivity index (χ3n) is 1.40. The highest BCUT2D eigenvalue weighted by atomic mass is 35.5. The molecule has 0 saturated heterocycles. The molecule has 0 spiro atoms. The minimum atomic E-state index is -0.926. The van der Waals surface area contributed by atoms with Crippen molar-refractivity contribution in [3.8, 4) is 0 Å². The van der Waals surface area contributed by atoms with Crippen molar-refractivity contribution in [2.45, 2.75) is 27.2 Å². The second-order valence-electron chi connectivity index (χ2n) is 2.98. The molecule has 0 saturated carbocycles. The van der Waals surface area contributed by atoms with Crippen molar-refractivity contribution < 1.29 is 9.90 Å². The number of aryl methyl sites for hydroxylation is 1. The molecular weight excluding hydrogens is 200 g/mol.